The van der Waals surface area contributed by atoms with Gasteiger partial charge in [-0.25, -0.2) is 9.97 Å². The van der Waals surface area contributed by atoms with Gasteiger partial charge in [-0.3, -0.25) is 4.79 Å². The second-order valence-electron chi connectivity index (χ2n) is 6.87. The van der Waals surface area contributed by atoms with Gasteiger partial charge in [-0.15, -0.1) is 0 Å². The third kappa shape index (κ3) is 8.50. The number of nitrogens with zero attached hydrogens (tertiary/aromatic N) is 3. The molecule has 0 aliphatic rings. The van der Waals surface area contributed by atoms with E-state index in [9.17, 15) is 4.79 Å². The van der Waals surface area contributed by atoms with E-state index in [0.29, 0.717) is 25.5 Å². The van der Waals surface area contributed by atoms with Crippen molar-refractivity contribution in [2.24, 2.45) is 0 Å². The first-order valence-corrected chi connectivity index (χ1v) is 10.7. The highest BCUT2D eigenvalue weighted by atomic mass is 16.5. The minimum atomic E-state index is -0.102. The molecule has 158 valence electrons. The minimum absolute atomic E-state index is 0.102. The topological polar surface area (TPSA) is 64.5 Å². The van der Waals surface area contributed by atoms with Crippen LogP contribution in [-0.2, 0) is 9.53 Å². The zero-order valence-corrected chi connectivity index (χ0v) is 17.7. The molecule has 0 N–H and O–H groups in total. The van der Waals surface area contributed by atoms with Crippen LogP contribution in [0.3, 0.4) is 0 Å². The summed E-state index contributed by atoms with van der Waals surface area (Å²) in [5, 5.41) is 0. The number of carbonyl (C=O) groups excluding carboxylic acids is 1. The lowest BCUT2D eigenvalue weighted by Crippen LogP contribution is -2.19. The molecule has 0 spiro atoms. The molecule has 29 heavy (non-hydrogen) atoms. The van der Waals surface area contributed by atoms with Gasteiger partial charge >= 0.3 is 5.97 Å². The molecule has 0 saturated carbocycles. The number of ether oxygens (including phenoxy) is 2. The van der Waals surface area contributed by atoms with Crippen molar-refractivity contribution < 1.29 is 14.3 Å². The zero-order valence-electron chi connectivity index (χ0n) is 17.7. The molecule has 0 aliphatic heterocycles. The van der Waals surface area contributed by atoms with Crippen molar-refractivity contribution in [3.05, 3.63) is 42.7 Å². The van der Waals surface area contributed by atoms with Crippen LogP contribution in [0, 0.1) is 0 Å². The number of anilines is 2. The summed E-state index contributed by atoms with van der Waals surface area (Å²) in [6.07, 6.45) is 10.2. The Kier molecular flexibility index (Phi) is 10.6. The maximum absolute atomic E-state index is 11.4. The summed E-state index contributed by atoms with van der Waals surface area (Å²) in [6.45, 7) is 5.96. The Morgan fingerprint density at radius 2 is 1.86 bits per heavy atom. The molecule has 0 radical (unpaired) electrons. The summed E-state index contributed by atoms with van der Waals surface area (Å²) in [6, 6.07) is 9.86. The van der Waals surface area contributed by atoms with Crippen molar-refractivity contribution in [3.63, 3.8) is 0 Å². The number of pyridine rings is 2. The number of hydrogen-bond acceptors (Lipinski definition) is 6. The van der Waals surface area contributed by atoms with E-state index in [4.69, 9.17) is 9.47 Å². The average molecular weight is 400 g/mol. The van der Waals surface area contributed by atoms with Crippen molar-refractivity contribution in [1.82, 2.24) is 9.97 Å². The number of carbonyl (C=O) groups is 1. The molecule has 0 atom stereocenters. The number of aromatic nitrogens is 2. The highest BCUT2D eigenvalue weighted by Gasteiger charge is 2.11. The van der Waals surface area contributed by atoms with Crippen LogP contribution in [0.15, 0.2) is 42.7 Å². The van der Waals surface area contributed by atoms with Gasteiger partial charge in [-0.05, 0) is 44.4 Å². The number of rotatable bonds is 14. The molecule has 2 aromatic heterocycles. The van der Waals surface area contributed by atoms with Gasteiger partial charge in [-0.2, -0.15) is 0 Å². The van der Waals surface area contributed by atoms with Gasteiger partial charge in [0.1, 0.15) is 5.82 Å². The van der Waals surface area contributed by atoms with Gasteiger partial charge in [0.05, 0.1) is 25.1 Å². The quantitative estimate of drug-likeness (QED) is 0.317. The van der Waals surface area contributed by atoms with Gasteiger partial charge in [-0.1, -0.05) is 32.3 Å². The number of hydrogen-bond donors (Lipinski definition) is 0. The standard InChI is InChI=1S/C23H33N3O3/c1-3-5-18-29-22-15-14-20(19-25-22)26(21-12-9-10-16-24-21)17-11-7-6-8-13-23(27)28-4-2/h9-10,12,14-16,19H,3-8,11,13,17-18H2,1-2H3. The first kappa shape index (κ1) is 22.7. The van der Waals surface area contributed by atoms with E-state index in [1.54, 1.807) is 6.20 Å². The van der Waals surface area contributed by atoms with Gasteiger partial charge < -0.3 is 14.4 Å². The van der Waals surface area contributed by atoms with E-state index in [1.807, 2.05) is 43.5 Å². The Bertz CT molecular complexity index is 692. The second kappa shape index (κ2) is 13.5. The number of unbranched alkanes of at least 4 members (excludes halogenated alkanes) is 4. The lowest BCUT2D eigenvalue weighted by Gasteiger charge is -2.23. The molecule has 0 aromatic carbocycles. The third-order valence-corrected chi connectivity index (χ3v) is 4.52. The Balaban J connectivity index is 1.88. The summed E-state index contributed by atoms with van der Waals surface area (Å²) in [4.78, 5) is 22.5. The van der Waals surface area contributed by atoms with Crippen LogP contribution >= 0.6 is 0 Å². The fraction of sp³-hybridized carbons (Fsp3) is 0.522. The maximum atomic E-state index is 11.4. The molecule has 2 aromatic rings. The van der Waals surface area contributed by atoms with Crippen LogP contribution in [0.5, 0.6) is 5.88 Å². The summed E-state index contributed by atoms with van der Waals surface area (Å²) in [7, 11) is 0. The summed E-state index contributed by atoms with van der Waals surface area (Å²) < 4.78 is 10.6. The van der Waals surface area contributed by atoms with Crippen LogP contribution in [0.2, 0.25) is 0 Å². The van der Waals surface area contributed by atoms with Crippen molar-refractivity contribution in [2.45, 2.75) is 58.8 Å². The molecule has 0 fully saturated rings. The largest absolute Gasteiger partial charge is 0.478 e. The van der Waals surface area contributed by atoms with Crippen LogP contribution in [0.25, 0.3) is 0 Å². The van der Waals surface area contributed by atoms with Gasteiger partial charge in [0.15, 0.2) is 0 Å². The molecule has 2 rings (SSSR count). The molecular formula is C23H33N3O3. The van der Waals surface area contributed by atoms with Gasteiger partial charge in [0.25, 0.3) is 0 Å². The molecule has 0 saturated heterocycles. The maximum Gasteiger partial charge on any atom is 0.305 e. The van der Waals surface area contributed by atoms with Crippen LogP contribution in [0.4, 0.5) is 11.5 Å². The van der Waals surface area contributed by atoms with Gasteiger partial charge in [0.2, 0.25) is 5.88 Å². The Hall–Kier alpha value is -2.63. The molecule has 6 nitrogen and oxygen atoms in total. The highest BCUT2D eigenvalue weighted by molar-refractivity contribution is 5.69. The van der Waals surface area contributed by atoms with E-state index in [-0.39, 0.29) is 5.97 Å². The predicted octanol–water partition coefficient (Wildman–Crippen LogP) is 5.31. The lowest BCUT2D eigenvalue weighted by atomic mass is 10.1. The van der Waals surface area contributed by atoms with Crippen molar-refractivity contribution in [3.8, 4) is 5.88 Å². The second-order valence-corrected chi connectivity index (χ2v) is 6.87. The highest BCUT2D eigenvalue weighted by Crippen LogP contribution is 2.25. The monoisotopic (exact) mass is 399 g/mol. The van der Waals surface area contributed by atoms with Crippen LogP contribution < -0.4 is 9.64 Å². The lowest BCUT2D eigenvalue weighted by molar-refractivity contribution is -0.143. The van der Waals surface area contributed by atoms with Crippen LogP contribution in [0.1, 0.15) is 58.8 Å². The molecule has 0 aliphatic carbocycles. The summed E-state index contributed by atoms with van der Waals surface area (Å²) in [5.74, 6) is 1.46. The van der Waals surface area contributed by atoms with E-state index in [1.165, 1.54) is 0 Å². The Labute approximate surface area is 174 Å². The normalized spacial score (nSPS) is 10.6. The Morgan fingerprint density at radius 3 is 2.55 bits per heavy atom. The van der Waals surface area contributed by atoms with Crippen molar-refractivity contribution in [1.29, 1.82) is 0 Å². The SMILES string of the molecule is CCCCOc1ccc(N(CCCCCCC(=O)OCC)c2ccccn2)cn1. The van der Waals surface area contributed by atoms with E-state index >= 15 is 0 Å². The first-order chi connectivity index (χ1) is 14.2. The molecule has 0 unspecified atom stereocenters. The first-order valence-electron chi connectivity index (χ1n) is 10.7. The van der Waals surface area contributed by atoms with Crippen molar-refractivity contribution >= 4 is 17.5 Å². The molecule has 6 heteroatoms. The molecule has 0 bridgehead atoms. The predicted molar refractivity (Wildman–Crippen MR) is 116 cm³/mol. The number of esters is 1. The van der Waals surface area contributed by atoms with E-state index in [2.05, 4.69) is 21.8 Å². The molecule has 0 amide bonds. The third-order valence-electron chi connectivity index (χ3n) is 4.52. The smallest absolute Gasteiger partial charge is 0.305 e. The van der Waals surface area contributed by atoms with Crippen LogP contribution in [-0.4, -0.2) is 35.7 Å². The fourth-order valence-electron chi connectivity index (χ4n) is 2.95. The van der Waals surface area contributed by atoms with Gasteiger partial charge in [0, 0.05) is 25.2 Å². The van der Waals surface area contributed by atoms with E-state index < -0.39 is 0 Å². The fourth-order valence-corrected chi connectivity index (χ4v) is 2.95. The Morgan fingerprint density at radius 1 is 1.00 bits per heavy atom. The minimum Gasteiger partial charge on any atom is -0.478 e. The zero-order chi connectivity index (χ0) is 20.7. The van der Waals surface area contributed by atoms with Crippen molar-refractivity contribution in [2.75, 3.05) is 24.7 Å². The molecular weight excluding hydrogens is 366 g/mol. The summed E-state index contributed by atoms with van der Waals surface area (Å²) >= 11 is 0. The van der Waals surface area contributed by atoms with E-state index in [0.717, 1.165) is 56.6 Å². The molecule has 2 heterocycles. The summed E-state index contributed by atoms with van der Waals surface area (Å²) in [5.41, 5.74) is 0.998. The average Bonchev–Trinajstić information content (AvgIpc) is 2.75.